The van der Waals surface area contributed by atoms with E-state index >= 15 is 0 Å². The van der Waals surface area contributed by atoms with Gasteiger partial charge < -0.3 is 9.64 Å². The first-order valence-electron chi connectivity index (χ1n) is 7.67. The quantitative estimate of drug-likeness (QED) is 0.812. The molecule has 0 aromatic heterocycles. The zero-order valence-electron chi connectivity index (χ0n) is 13.0. The van der Waals surface area contributed by atoms with Crippen molar-refractivity contribution in [3.8, 4) is 0 Å². The summed E-state index contributed by atoms with van der Waals surface area (Å²) in [5.41, 5.74) is 3.02. The molecule has 0 unspecified atom stereocenters. The molecule has 0 radical (unpaired) electrons. The molecule has 1 aliphatic carbocycles. The number of hydrogen-bond donors (Lipinski definition) is 0. The summed E-state index contributed by atoms with van der Waals surface area (Å²) in [7, 11) is 4.09. The number of aryl methyl sites for hydroxylation is 1. The third kappa shape index (κ3) is 2.90. The van der Waals surface area contributed by atoms with Crippen LogP contribution in [0.5, 0.6) is 0 Å². The third-order valence-corrected chi connectivity index (χ3v) is 4.33. The van der Waals surface area contributed by atoms with Crippen LogP contribution in [-0.2, 0) is 11.2 Å². The Labute approximate surface area is 131 Å². The minimum Gasteiger partial charge on any atom is -0.452 e. The van der Waals surface area contributed by atoms with Gasteiger partial charge in [0.25, 0.3) is 0 Å². The van der Waals surface area contributed by atoms with E-state index in [1.807, 2.05) is 44.4 Å². The molecule has 1 aliphatic rings. The van der Waals surface area contributed by atoms with Gasteiger partial charge in [-0.05, 0) is 50.2 Å². The van der Waals surface area contributed by atoms with Crippen molar-refractivity contribution in [3.05, 3.63) is 71.3 Å². The van der Waals surface area contributed by atoms with Crippen LogP contribution in [0.2, 0.25) is 0 Å². The van der Waals surface area contributed by atoms with E-state index in [2.05, 4.69) is 17.0 Å². The molecule has 3 heteroatoms. The maximum absolute atomic E-state index is 12.5. The average molecular weight is 295 g/mol. The van der Waals surface area contributed by atoms with E-state index < -0.39 is 0 Å². The molecule has 0 saturated carbocycles. The molecule has 0 N–H and O–H groups in total. The molecule has 22 heavy (non-hydrogen) atoms. The van der Waals surface area contributed by atoms with Gasteiger partial charge in [-0.1, -0.05) is 42.5 Å². The summed E-state index contributed by atoms with van der Waals surface area (Å²) < 4.78 is 5.90. The number of likely N-dealkylation sites (N-methyl/N-ethyl adjacent to an activating group) is 1. The van der Waals surface area contributed by atoms with Gasteiger partial charge in [0.1, 0.15) is 6.10 Å². The Morgan fingerprint density at radius 3 is 2.45 bits per heavy atom. The predicted octanol–water partition coefficient (Wildman–Crippen LogP) is 3.46. The number of hydrogen-bond acceptors (Lipinski definition) is 3. The highest BCUT2D eigenvalue weighted by Crippen LogP contribution is 2.35. The molecule has 2 aromatic rings. The van der Waals surface area contributed by atoms with Crippen LogP contribution in [0.1, 0.15) is 34.0 Å². The highest BCUT2D eigenvalue weighted by molar-refractivity contribution is 5.89. The summed E-state index contributed by atoms with van der Waals surface area (Å²) in [6.45, 7) is 0. The number of rotatable bonds is 3. The molecule has 0 fully saturated rings. The molecular formula is C19H21NO2. The van der Waals surface area contributed by atoms with Crippen LogP contribution >= 0.6 is 0 Å². The summed E-state index contributed by atoms with van der Waals surface area (Å²) in [4.78, 5) is 14.6. The van der Waals surface area contributed by atoms with Crippen molar-refractivity contribution in [1.82, 2.24) is 4.90 Å². The van der Waals surface area contributed by atoms with Crippen LogP contribution in [0.3, 0.4) is 0 Å². The van der Waals surface area contributed by atoms with Gasteiger partial charge in [-0.2, -0.15) is 0 Å². The van der Waals surface area contributed by atoms with Crippen molar-refractivity contribution < 1.29 is 9.53 Å². The van der Waals surface area contributed by atoms with Crippen molar-refractivity contribution >= 4 is 5.97 Å². The van der Waals surface area contributed by atoms with Crippen LogP contribution < -0.4 is 0 Å². The van der Waals surface area contributed by atoms with Crippen molar-refractivity contribution in [2.24, 2.45) is 0 Å². The Hall–Kier alpha value is -2.13. The number of ether oxygens (including phenoxy) is 1. The van der Waals surface area contributed by atoms with E-state index in [1.54, 1.807) is 12.1 Å². The Morgan fingerprint density at radius 2 is 1.73 bits per heavy atom. The molecule has 2 aromatic carbocycles. The van der Waals surface area contributed by atoms with Gasteiger partial charge in [0, 0.05) is 0 Å². The predicted molar refractivity (Wildman–Crippen MR) is 86.8 cm³/mol. The van der Waals surface area contributed by atoms with Crippen molar-refractivity contribution in [2.75, 3.05) is 14.1 Å². The number of carbonyl (C=O) groups excluding carboxylic acids is 1. The van der Waals surface area contributed by atoms with Gasteiger partial charge in [-0.3, -0.25) is 0 Å². The maximum Gasteiger partial charge on any atom is 0.338 e. The number of fused-ring (bicyclic) bond motifs is 1. The van der Waals surface area contributed by atoms with Crippen LogP contribution in [0.25, 0.3) is 0 Å². The zero-order valence-corrected chi connectivity index (χ0v) is 13.0. The first kappa shape index (κ1) is 14.8. The molecule has 0 amide bonds. The lowest BCUT2D eigenvalue weighted by Crippen LogP contribution is -2.39. The first-order chi connectivity index (χ1) is 10.7. The van der Waals surface area contributed by atoms with E-state index in [0.29, 0.717) is 5.56 Å². The molecule has 0 bridgehead atoms. The molecule has 0 heterocycles. The van der Waals surface area contributed by atoms with Gasteiger partial charge in [0.2, 0.25) is 0 Å². The highest BCUT2D eigenvalue weighted by atomic mass is 16.5. The topological polar surface area (TPSA) is 29.5 Å². The third-order valence-electron chi connectivity index (χ3n) is 4.33. The fourth-order valence-electron chi connectivity index (χ4n) is 3.13. The van der Waals surface area contributed by atoms with Crippen LogP contribution in [0.15, 0.2) is 54.6 Å². The number of nitrogens with zero attached hydrogens (tertiary/aromatic N) is 1. The Balaban J connectivity index is 1.90. The van der Waals surface area contributed by atoms with E-state index in [-0.39, 0.29) is 18.1 Å². The molecule has 3 nitrogen and oxygen atoms in total. The van der Waals surface area contributed by atoms with E-state index in [4.69, 9.17) is 4.74 Å². The average Bonchev–Trinajstić information content (AvgIpc) is 2.55. The largest absolute Gasteiger partial charge is 0.452 e. The molecule has 2 atom stereocenters. The number of carbonyl (C=O) groups is 1. The fourth-order valence-corrected chi connectivity index (χ4v) is 3.13. The monoisotopic (exact) mass is 295 g/mol. The minimum absolute atomic E-state index is 0.211. The van der Waals surface area contributed by atoms with Gasteiger partial charge in [-0.25, -0.2) is 4.79 Å². The van der Waals surface area contributed by atoms with E-state index in [0.717, 1.165) is 18.4 Å². The molecule has 3 rings (SSSR count). The van der Waals surface area contributed by atoms with Gasteiger partial charge >= 0.3 is 5.97 Å². The van der Waals surface area contributed by atoms with Gasteiger partial charge in [0.05, 0.1) is 11.6 Å². The summed E-state index contributed by atoms with van der Waals surface area (Å²) in [5.74, 6) is -0.255. The van der Waals surface area contributed by atoms with Crippen molar-refractivity contribution in [1.29, 1.82) is 0 Å². The summed E-state index contributed by atoms with van der Waals surface area (Å²) in [6.07, 6.45) is 1.81. The highest BCUT2D eigenvalue weighted by Gasteiger charge is 2.33. The van der Waals surface area contributed by atoms with Crippen LogP contribution in [-0.4, -0.2) is 31.0 Å². The van der Waals surface area contributed by atoms with Gasteiger partial charge in [-0.15, -0.1) is 0 Å². The molecule has 0 spiro atoms. The van der Waals surface area contributed by atoms with E-state index in [1.165, 1.54) is 5.56 Å². The Bertz CT molecular complexity index is 651. The Morgan fingerprint density at radius 1 is 1.05 bits per heavy atom. The van der Waals surface area contributed by atoms with Crippen molar-refractivity contribution in [2.45, 2.75) is 25.0 Å². The SMILES string of the molecule is CN(C)[C@H]1CCc2ccccc2[C@@H]1OC(=O)c1ccccc1. The summed E-state index contributed by atoms with van der Waals surface area (Å²) in [6, 6.07) is 17.7. The lowest BCUT2D eigenvalue weighted by atomic mass is 9.85. The van der Waals surface area contributed by atoms with Gasteiger partial charge in [0.15, 0.2) is 0 Å². The zero-order chi connectivity index (χ0) is 15.5. The van der Waals surface area contributed by atoms with Crippen molar-refractivity contribution in [3.63, 3.8) is 0 Å². The first-order valence-corrected chi connectivity index (χ1v) is 7.67. The molecular weight excluding hydrogens is 274 g/mol. The molecule has 114 valence electrons. The second-order valence-corrected chi connectivity index (χ2v) is 5.96. The van der Waals surface area contributed by atoms with Crippen LogP contribution in [0, 0.1) is 0 Å². The normalized spacial score (nSPS) is 20.5. The number of esters is 1. The second kappa shape index (κ2) is 6.32. The molecule has 0 aliphatic heterocycles. The second-order valence-electron chi connectivity index (χ2n) is 5.96. The minimum atomic E-state index is -0.255. The van der Waals surface area contributed by atoms with E-state index in [9.17, 15) is 4.79 Å². The smallest absolute Gasteiger partial charge is 0.338 e. The number of benzene rings is 2. The fraction of sp³-hybridized carbons (Fsp3) is 0.316. The Kier molecular flexibility index (Phi) is 4.25. The van der Waals surface area contributed by atoms with Crippen LogP contribution in [0.4, 0.5) is 0 Å². The lowest BCUT2D eigenvalue weighted by Gasteiger charge is -2.37. The lowest BCUT2D eigenvalue weighted by molar-refractivity contribution is 0.000620. The maximum atomic E-state index is 12.5. The summed E-state index contributed by atoms with van der Waals surface area (Å²) >= 11 is 0. The molecule has 0 saturated heterocycles. The standard InChI is InChI=1S/C19H21NO2/c1-20(2)17-13-12-14-8-6-7-11-16(14)18(17)22-19(21)15-9-4-3-5-10-15/h3-11,17-18H,12-13H2,1-2H3/t17-,18-/m0/s1. The summed E-state index contributed by atoms with van der Waals surface area (Å²) in [5, 5.41) is 0.